The van der Waals surface area contributed by atoms with Crippen LogP contribution in [-0.4, -0.2) is 41.1 Å². The molecular weight excluding hydrogens is 324 g/mol. The van der Waals surface area contributed by atoms with Crippen LogP contribution in [0.25, 0.3) is 11.1 Å². The Kier molecular flexibility index (Phi) is 5.07. The smallest absolute Gasteiger partial charge is 0.220 e. The average molecular weight is 352 g/mol. The van der Waals surface area contributed by atoms with E-state index in [2.05, 4.69) is 27.0 Å². The van der Waals surface area contributed by atoms with E-state index in [1.807, 2.05) is 18.3 Å². The van der Waals surface area contributed by atoms with Crippen LogP contribution >= 0.6 is 0 Å². The lowest BCUT2D eigenvalue weighted by Gasteiger charge is -2.37. The summed E-state index contributed by atoms with van der Waals surface area (Å²) in [6.45, 7) is 2.31. The number of rotatable bonds is 4. The van der Waals surface area contributed by atoms with Crippen LogP contribution in [0, 0.1) is 0 Å². The molecule has 5 heteroatoms. The van der Waals surface area contributed by atoms with Gasteiger partial charge in [0.25, 0.3) is 0 Å². The van der Waals surface area contributed by atoms with Crippen LogP contribution in [0.5, 0.6) is 5.75 Å². The van der Waals surface area contributed by atoms with Gasteiger partial charge in [-0.3, -0.25) is 4.90 Å². The summed E-state index contributed by atoms with van der Waals surface area (Å²) in [4.78, 5) is 11.6. The summed E-state index contributed by atoms with van der Waals surface area (Å²) < 4.78 is 5.28. The lowest BCUT2D eigenvalue weighted by Crippen LogP contribution is -2.41. The van der Waals surface area contributed by atoms with Gasteiger partial charge in [-0.2, -0.15) is 0 Å². The standard InChI is InChI=1S/C21H28N4O/c1-26-18-10-8-15(9-11-18)19-13-23-21(22)24-20(19)16-5-4-12-25(14-16)17-6-2-3-7-17/h8-11,13,16-17H,2-7,12,14H2,1H3,(H2,22,23,24)/t16-/m0/s1. The molecule has 2 N–H and O–H groups in total. The molecule has 0 amide bonds. The molecule has 1 aliphatic carbocycles. The monoisotopic (exact) mass is 352 g/mol. The highest BCUT2D eigenvalue weighted by atomic mass is 16.5. The fourth-order valence-electron chi connectivity index (χ4n) is 4.54. The summed E-state index contributed by atoms with van der Waals surface area (Å²) in [6.07, 6.45) is 9.74. The van der Waals surface area contributed by atoms with Crippen LogP contribution in [0.2, 0.25) is 0 Å². The normalized spacial score (nSPS) is 21.8. The second-order valence-electron chi connectivity index (χ2n) is 7.53. The molecular formula is C21H28N4O. The third-order valence-corrected chi connectivity index (χ3v) is 5.92. The summed E-state index contributed by atoms with van der Waals surface area (Å²) in [5, 5.41) is 0. The maximum atomic E-state index is 5.96. The van der Waals surface area contributed by atoms with E-state index in [4.69, 9.17) is 10.5 Å². The Labute approximate surface area is 155 Å². The van der Waals surface area contributed by atoms with Crippen molar-refractivity contribution >= 4 is 5.95 Å². The van der Waals surface area contributed by atoms with Crippen molar-refractivity contribution in [2.45, 2.75) is 50.5 Å². The number of likely N-dealkylation sites (tertiary alicyclic amines) is 1. The number of hydrogen-bond donors (Lipinski definition) is 1. The fourth-order valence-corrected chi connectivity index (χ4v) is 4.54. The first kappa shape index (κ1) is 17.3. The summed E-state index contributed by atoms with van der Waals surface area (Å²) in [5.74, 6) is 1.65. The Balaban J connectivity index is 1.63. The lowest BCUT2D eigenvalue weighted by molar-refractivity contribution is 0.149. The van der Waals surface area contributed by atoms with E-state index >= 15 is 0 Å². The number of methoxy groups -OCH3 is 1. The molecule has 138 valence electrons. The largest absolute Gasteiger partial charge is 0.497 e. The molecule has 1 aliphatic heterocycles. The second kappa shape index (κ2) is 7.62. The van der Waals surface area contributed by atoms with E-state index < -0.39 is 0 Å². The molecule has 0 unspecified atom stereocenters. The van der Waals surface area contributed by atoms with E-state index in [0.717, 1.165) is 35.2 Å². The first-order valence-corrected chi connectivity index (χ1v) is 9.75. The van der Waals surface area contributed by atoms with Crippen LogP contribution in [0.4, 0.5) is 5.95 Å². The van der Waals surface area contributed by atoms with Crippen LogP contribution in [0.3, 0.4) is 0 Å². The van der Waals surface area contributed by atoms with Gasteiger partial charge in [-0.15, -0.1) is 0 Å². The van der Waals surface area contributed by atoms with Gasteiger partial charge in [0.1, 0.15) is 5.75 Å². The highest BCUT2D eigenvalue weighted by Crippen LogP contribution is 2.36. The Hall–Kier alpha value is -2.14. The Morgan fingerprint density at radius 2 is 1.85 bits per heavy atom. The molecule has 1 atom stereocenters. The van der Waals surface area contributed by atoms with Gasteiger partial charge in [-0.05, 0) is 49.9 Å². The molecule has 2 heterocycles. The first-order valence-electron chi connectivity index (χ1n) is 9.75. The molecule has 0 radical (unpaired) electrons. The predicted octanol–water partition coefficient (Wildman–Crippen LogP) is 3.86. The lowest BCUT2D eigenvalue weighted by atomic mass is 9.89. The third-order valence-electron chi connectivity index (χ3n) is 5.92. The molecule has 1 saturated heterocycles. The molecule has 5 nitrogen and oxygen atoms in total. The molecule has 26 heavy (non-hydrogen) atoms. The highest BCUT2D eigenvalue weighted by molar-refractivity contribution is 5.67. The zero-order chi connectivity index (χ0) is 17.9. The van der Waals surface area contributed by atoms with E-state index in [1.54, 1.807) is 7.11 Å². The zero-order valence-electron chi connectivity index (χ0n) is 15.5. The van der Waals surface area contributed by atoms with Crippen LogP contribution < -0.4 is 10.5 Å². The van der Waals surface area contributed by atoms with Crippen molar-refractivity contribution in [3.8, 4) is 16.9 Å². The van der Waals surface area contributed by atoms with Gasteiger partial charge in [0.15, 0.2) is 0 Å². The summed E-state index contributed by atoms with van der Waals surface area (Å²) in [5.41, 5.74) is 9.28. The van der Waals surface area contributed by atoms with E-state index in [9.17, 15) is 0 Å². The topological polar surface area (TPSA) is 64.3 Å². The molecule has 2 aromatic rings. The fraction of sp³-hybridized carbons (Fsp3) is 0.524. The van der Waals surface area contributed by atoms with E-state index in [0.29, 0.717) is 11.9 Å². The number of nitrogen functional groups attached to an aromatic ring is 1. The van der Waals surface area contributed by atoms with Crippen molar-refractivity contribution < 1.29 is 4.74 Å². The predicted molar refractivity (Wildman–Crippen MR) is 104 cm³/mol. The van der Waals surface area contributed by atoms with Gasteiger partial charge >= 0.3 is 0 Å². The van der Waals surface area contributed by atoms with Crippen molar-refractivity contribution in [2.24, 2.45) is 0 Å². The van der Waals surface area contributed by atoms with Crippen molar-refractivity contribution in [3.63, 3.8) is 0 Å². The minimum Gasteiger partial charge on any atom is -0.497 e. The quantitative estimate of drug-likeness (QED) is 0.905. The molecule has 0 bridgehead atoms. The highest BCUT2D eigenvalue weighted by Gasteiger charge is 2.30. The molecule has 1 aromatic carbocycles. The van der Waals surface area contributed by atoms with Gasteiger partial charge in [0, 0.05) is 30.3 Å². The molecule has 1 saturated carbocycles. The number of aromatic nitrogens is 2. The maximum Gasteiger partial charge on any atom is 0.220 e. The Morgan fingerprint density at radius 1 is 1.08 bits per heavy atom. The Bertz CT molecular complexity index is 740. The number of benzene rings is 1. The summed E-state index contributed by atoms with van der Waals surface area (Å²) in [7, 11) is 1.69. The molecule has 2 fully saturated rings. The first-order chi connectivity index (χ1) is 12.7. The molecule has 0 spiro atoms. The summed E-state index contributed by atoms with van der Waals surface area (Å²) >= 11 is 0. The number of nitrogens with zero attached hydrogens (tertiary/aromatic N) is 3. The van der Waals surface area contributed by atoms with Crippen molar-refractivity contribution in [2.75, 3.05) is 25.9 Å². The van der Waals surface area contributed by atoms with Crippen LogP contribution in [-0.2, 0) is 0 Å². The average Bonchev–Trinajstić information content (AvgIpc) is 3.23. The van der Waals surface area contributed by atoms with Crippen LogP contribution in [0.15, 0.2) is 30.5 Å². The number of hydrogen-bond acceptors (Lipinski definition) is 5. The second-order valence-corrected chi connectivity index (χ2v) is 7.53. The van der Waals surface area contributed by atoms with Gasteiger partial charge in [0.2, 0.25) is 5.95 Å². The number of nitrogens with two attached hydrogens (primary N) is 1. The van der Waals surface area contributed by atoms with Crippen LogP contribution in [0.1, 0.15) is 50.1 Å². The maximum absolute atomic E-state index is 5.96. The number of piperidine rings is 1. The van der Waals surface area contributed by atoms with Gasteiger partial charge in [0.05, 0.1) is 12.8 Å². The van der Waals surface area contributed by atoms with Crippen molar-refractivity contribution in [1.29, 1.82) is 0 Å². The van der Waals surface area contributed by atoms with E-state index in [-0.39, 0.29) is 0 Å². The zero-order valence-corrected chi connectivity index (χ0v) is 15.5. The minimum atomic E-state index is 0.371. The molecule has 2 aliphatic rings. The summed E-state index contributed by atoms with van der Waals surface area (Å²) in [6, 6.07) is 8.90. The SMILES string of the molecule is COc1ccc(-c2cnc(N)nc2[C@H]2CCCN(C3CCCC3)C2)cc1. The Morgan fingerprint density at radius 3 is 2.58 bits per heavy atom. The number of anilines is 1. The van der Waals surface area contributed by atoms with Gasteiger partial charge in [-0.25, -0.2) is 9.97 Å². The minimum absolute atomic E-state index is 0.371. The molecule has 4 rings (SSSR count). The van der Waals surface area contributed by atoms with Gasteiger partial charge in [-0.1, -0.05) is 25.0 Å². The number of ether oxygens (including phenoxy) is 1. The third kappa shape index (κ3) is 3.54. The molecule has 1 aromatic heterocycles. The van der Waals surface area contributed by atoms with Crippen molar-refractivity contribution in [3.05, 3.63) is 36.2 Å². The van der Waals surface area contributed by atoms with Crippen molar-refractivity contribution in [1.82, 2.24) is 14.9 Å². The van der Waals surface area contributed by atoms with Gasteiger partial charge < -0.3 is 10.5 Å². The van der Waals surface area contributed by atoms with E-state index in [1.165, 1.54) is 45.1 Å².